The summed E-state index contributed by atoms with van der Waals surface area (Å²) < 4.78 is 0. The number of fused-ring (bicyclic) bond motifs is 4. The Bertz CT molecular complexity index is 2460. The predicted octanol–water partition coefficient (Wildman–Crippen LogP) is 13.6. The van der Waals surface area contributed by atoms with Crippen LogP contribution in [-0.2, 0) is 5.41 Å². The minimum Gasteiger partial charge on any atom is -0.311 e. The molecule has 238 valence electrons. The second-order valence-electron chi connectivity index (χ2n) is 13.8. The highest BCUT2D eigenvalue weighted by atomic mass is 15.1. The number of hydrogen-bond donors (Lipinski definition) is 0. The van der Waals surface area contributed by atoms with E-state index in [0.717, 1.165) is 17.1 Å². The van der Waals surface area contributed by atoms with Crippen LogP contribution in [0.1, 0.15) is 25.0 Å². The molecule has 0 aromatic heterocycles. The second-order valence-corrected chi connectivity index (χ2v) is 13.8. The van der Waals surface area contributed by atoms with E-state index in [0.29, 0.717) is 0 Å². The first-order valence-electron chi connectivity index (χ1n) is 17.4. The van der Waals surface area contributed by atoms with Crippen LogP contribution in [-0.4, -0.2) is 0 Å². The molecule has 0 heterocycles. The number of hydrogen-bond acceptors (Lipinski definition) is 1. The summed E-state index contributed by atoms with van der Waals surface area (Å²) in [5.74, 6) is 0. The molecule has 0 bridgehead atoms. The Morgan fingerprint density at radius 3 is 1.46 bits per heavy atom. The van der Waals surface area contributed by atoms with Crippen LogP contribution in [0.3, 0.4) is 0 Å². The van der Waals surface area contributed by atoms with E-state index in [9.17, 15) is 0 Å². The first kappa shape index (κ1) is 29.9. The fourth-order valence-corrected chi connectivity index (χ4v) is 7.90. The van der Waals surface area contributed by atoms with Gasteiger partial charge in [-0.3, -0.25) is 0 Å². The van der Waals surface area contributed by atoms with E-state index in [2.05, 4.69) is 207 Å². The summed E-state index contributed by atoms with van der Waals surface area (Å²) in [4.78, 5) is 2.32. The summed E-state index contributed by atoms with van der Waals surface area (Å²) in [6, 6.07) is 68.3. The van der Waals surface area contributed by atoms with Crippen molar-refractivity contribution in [3.05, 3.63) is 199 Å². The number of benzene rings is 8. The highest BCUT2D eigenvalue weighted by molar-refractivity contribution is 6.08. The minimum absolute atomic E-state index is 0.0516. The van der Waals surface area contributed by atoms with Crippen molar-refractivity contribution < 1.29 is 0 Å². The van der Waals surface area contributed by atoms with Gasteiger partial charge < -0.3 is 4.90 Å². The molecule has 8 aromatic carbocycles. The van der Waals surface area contributed by atoms with E-state index in [1.165, 1.54) is 66.4 Å². The van der Waals surface area contributed by atoms with Crippen LogP contribution < -0.4 is 4.90 Å². The molecule has 1 aliphatic carbocycles. The maximum atomic E-state index is 2.42. The lowest BCUT2D eigenvalue weighted by atomic mass is 9.80. The summed E-state index contributed by atoms with van der Waals surface area (Å²) in [6.07, 6.45) is 0. The van der Waals surface area contributed by atoms with Crippen LogP contribution in [0, 0.1) is 0 Å². The van der Waals surface area contributed by atoms with Crippen LogP contribution in [0.25, 0.3) is 55.3 Å². The zero-order valence-electron chi connectivity index (χ0n) is 28.3. The molecule has 0 saturated heterocycles. The maximum absolute atomic E-state index is 2.42. The van der Waals surface area contributed by atoms with Gasteiger partial charge in [-0.25, -0.2) is 0 Å². The molecule has 1 aliphatic rings. The third-order valence-corrected chi connectivity index (χ3v) is 10.5. The number of para-hydroxylation sites is 1. The van der Waals surface area contributed by atoms with Crippen molar-refractivity contribution in [3.63, 3.8) is 0 Å². The van der Waals surface area contributed by atoms with Gasteiger partial charge in [-0.05, 0) is 109 Å². The normalized spacial score (nSPS) is 12.8. The average Bonchev–Trinajstić information content (AvgIpc) is 3.41. The molecule has 0 radical (unpaired) electrons. The number of rotatable bonds is 6. The molecule has 0 amide bonds. The van der Waals surface area contributed by atoms with Gasteiger partial charge in [-0.1, -0.05) is 159 Å². The van der Waals surface area contributed by atoms with Gasteiger partial charge in [0.05, 0.1) is 0 Å². The van der Waals surface area contributed by atoms with Crippen molar-refractivity contribution in [1.29, 1.82) is 0 Å². The smallest absolute Gasteiger partial charge is 0.0462 e. The molecule has 50 heavy (non-hydrogen) atoms. The fourth-order valence-electron chi connectivity index (χ4n) is 7.90. The lowest BCUT2D eigenvalue weighted by Gasteiger charge is -2.26. The van der Waals surface area contributed by atoms with Gasteiger partial charge >= 0.3 is 0 Å². The Balaban J connectivity index is 1.07. The lowest BCUT2D eigenvalue weighted by molar-refractivity contribution is 0.661. The Morgan fingerprint density at radius 1 is 0.360 bits per heavy atom. The molecule has 0 atom stereocenters. The van der Waals surface area contributed by atoms with Crippen molar-refractivity contribution in [2.45, 2.75) is 19.3 Å². The summed E-state index contributed by atoms with van der Waals surface area (Å²) in [7, 11) is 0. The maximum Gasteiger partial charge on any atom is 0.0462 e. The highest BCUT2D eigenvalue weighted by Gasteiger charge is 2.37. The fraction of sp³-hybridized carbons (Fsp3) is 0.0612. The van der Waals surface area contributed by atoms with E-state index < -0.39 is 0 Å². The van der Waals surface area contributed by atoms with E-state index in [4.69, 9.17) is 0 Å². The summed E-state index contributed by atoms with van der Waals surface area (Å²) in [5.41, 5.74) is 16.3. The summed E-state index contributed by atoms with van der Waals surface area (Å²) >= 11 is 0. The van der Waals surface area contributed by atoms with Gasteiger partial charge in [0.15, 0.2) is 0 Å². The van der Waals surface area contributed by atoms with E-state index >= 15 is 0 Å². The third-order valence-electron chi connectivity index (χ3n) is 10.5. The Labute approximate surface area is 294 Å². The summed E-state index contributed by atoms with van der Waals surface area (Å²) in [5, 5.41) is 2.59. The lowest BCUT2D eigenvalue weighted by Crippen LogP contribution is -2.14. The first-order valence-corrected chi connectivity index (χ1v) is 17.4. The Kier molecular flexibility index (Phi) is 7.21. The largest absolute Gasteiger partial charge is 0.311 e. The van der Waals surface area contributed by atoms with E-state index in [1.807, 2.05) is 0 Å². The van der Waals surface area contributed by atoms with Crippen molar-refractivity contribution >= 4 is 27.8 Å². The first-order chi connectivity index (χ1) is 24.6. The van der Waals surface area contributed by atoms with Crippen molar-refractivity contribution in [3.8, 4) is 44.5 Å². The van der Waals surface area contributed by atoms with Gasteiger partial charge in [0.1, 0.15) is 0 Å². The van der Waals surface area contributed by atoms with Gasteiger partial charge in [0.25, 0.3) is 0 Å². The molecule has 0 unspecified atom stereocenters. The highest BCUT2D eigenvalue weighted by Crippen LogP contribution is 2.54. The second kappa shape index (κ2) is 12.1. The van der Waals surface area contributed by atoms with Gasteiger partial charge in [-0.15, -0.1) is 0 Å². The van der Waals surface area contributed by atoms with Gasteiger partial charge in [0, 0.05) is 22.5 Å². The average molecular weight is 640 g/mol. The molecule has 1 heteroatoms. The van der Waals surface area contributed by atoms with Gasteiger partial charge in [-0.2, -0.15) is 0 Å². The quantitative estimate of drug-likeness (QED) is 0.175. The zero-order chi connectivity index (χ0) is 33.7. The number of nitrogens with zero attached hydrogens (tertiary/aromatic N) is 1. The molecule has 0 saturated carbocycles. The summed E-state index contributed by atoms with van der Waals surface area (Å²) in [6.45, 7) is 4.73. The van der Waals surface area contributed by atoms with E-state index in [-0.39, 0.29) is 5.41 Å². The molecule has 8 aromatic rings. The molecule has 1 nitrogen and oxygen atoms in total. The molecule has 0 fully saturated rings. The third kappa shape index (κ3) is 5.02. The van der Waals surface area contributed by atoms with Crippen LogP contribution in [0.2, 0.25) is 0 Å². The minimum atomic E-state index is -0.0516. The molecule has 0 spiro atoms. The SMILES string of the molecule is CC1(C)c2ccccc2-c2c1cc1ccccc1c2-c1ccc(-c2ccc(N(c3ccccc3)c3ccc(-c4ccccc4)cc3)cc2)cc1. The van der Waals surface area contributed by atoms with Crippen molar-refractivity contribution in [1.82, 2.24) is 0 Å². The standard InChI is InChI=1S/C49H37N/c1-49(2)45-20-12-11-19-44(45)48-46(49)33-39-15-9-10-18-43(39)47(48)38-23-21-35(22-24-38)37-27-31-42(32-28-37)50(40-16-7-4-8-17-40)41-29-25-36(26-30-41)34-13-5-3-6-14-34/h3-33H,1-2H3. The van der Waals surface area contributed by atoms with Crippen LogP contribution in [0.5, 0.6) is 0 Å². The number of anilines is 3. The molecule has 0 N–H and O–H groups in total. The van der Waals surface area contributed by atoms with Crippen LogP contribution in [0.4, 0.5) is 17.1 Å². The zero-order valence-corrected chi connectivity index (χ0v) is 28.3. The van der Waals surface area contributed by atoms with Crippen molar-refractivity contribution in [2.75, 3.05) is 4.90 Å². The molecule has 0 aliphatic heterocycles. The van der Waals surface area contributed by atoms with Crippen LogP contribution >= 0.6 is 0 Å². The van der Waals surface area contributed by atoms with E-state index in [1.54, 1.807) is 0 Å². The van der Waals surface area contributed by atoms with Crippen LogP contribution in [0.15, 0.2) is 188 Å². The van der Waals surface area contributed by atoms with Gasteiger partial charge in [0.2, 0.25) is 0 Å². The molecular formula is C49H37N. The predicted molar refractivity (Wildman–Crippen MR) is 213 cm³/mol. The monoisotopic (exact) mass is 639 g/mol. The Hall–Kier alpha value is -6.18. The Morgan fingerprint density at radius 2 is 0.820 bits per heavy atom. The topological polar surface area (TPSA) is 3.24 Å². The molecular weight excluding hydrogens is 603 g/mol. The molecule has 9 rings (SSSR count). The van der Waals surface area contributed by atoms with Crippen molar-refractivity contribution in [2.24, 2.45) is 0 Å².